The quantitative estimate of drug-likeness (QED) is 0.219. The van der Waals surface area contributed by atoms with E-state index in [0.29, 0.717) is 51.0 Å². The molecule has 3 saturated carbocycles. The number of nitrogens with zero attached hydrogens (tertiary/aromatic N) is 1. The number of guanidine groups is 2. The highest BCUT2D eigenvalue weighted by atomic mass is 19.1. The Morgan fingerprint density at radius 1 is 0.974 bits per heavy atom. The van der Waals surface area contributed by atoms with Crippen molar-refractivity contribution in [1.29, 1.82) is 10.8 Å². The number of hydrogen-bond donors (Lipinski definition) is 7. The average Bonchev–Trinajstić information content (AvgIpc) is 2.83. The van der Waals surface area contributed by atoms with Crippen LogP contribution in [0.15, 0.2) is 48.5 Å². The monoisotopic (exact) mass is 518 g/mol. The van der Waals surface area contributed by atoms with E-state index in [4.69, 9.17) is 22.3 Å². The normalized spacial score (nSPS) is 23.3. The van der Waals surface area contributed by atoms with Gasteiger partial charge in [0.1, 0.15) is 5.82 Å². The minimum atomic E-state index is -0.632. The summed E-state index contributed by atoms with van der Waals surface area (Å²) in [5.74, 6) is -0.960. The van der Waals surface area contributed by atoms with Crippen molar-refractivity contribution in [1.82, 2.24) is 10.2 Å². The van der Waals surface area contributed by atoms with Gasteiger partial charge in [0.2, 0.25) is 11.8 Å². The molecule has 0 aromatic heterocycles. The molecule has 3 aliphatic carbocycles. The zero-order chi connectivity index (χ0) is 27.1. The summed E-state index contributed by atoms with van der Waals surface area (Å²) in [6.45, 7) is 1.53. The van der Waals surface area contributed by atoms with Gasteiger partial charge in [-0.3, -0.25) is 20.4 Å². The molecular weight excluding hydrogens is 487 g/mol. The first-order valence-electron chi connectivity index (χ1n) is 12.5. The smallest absolute Gasteiger partial charge is 0.230 e. The first kappa shape index (κ1) is 25.2. The van der Waals surface area contributed by atoms with E-state index in [-0.39, 0.29) is 29.4 Å². The molecule has 0 radical (unpaired) electrons. The minimum Gasteiger partial charge on any atom is -0.370 e. The van der Waals surface area contributed by atoms with E-state index in [2.05, 4.69) is 16.0 Å². The molecule has 0 saturated heterocycles. The Bertz CT molecular complexity index is 1330. The lowest BCUT2D eigenvalue weighted by molar-refractivity contribution is -0.201. The Kier molecular flexibility index (Phi) is 6.29. The topological polar surface area (TPSA) is 173 Å². The number of carbonyl (C=O) groups is 2. The van der Waals surface area contributed by atoms with Gasteiger partial charge in [-0.25, -0.2) is 4.39 Å². The molecule has 11 heteroatoms. The lowest BCUT2D eigenvalue weighted by Gasteiger charge is -2.67. The fourth-order valence-corrected chi connectivity index (χ4v) is 5.66. The molecule has 0 spiro atoms. The van der Waals surface area contributed by atoms with Gasteiger partial charge in [-0.15, -0.1) is 0 Å². The molecule has 9 N–H and O–H groups in total. The molecule has 10 nitrogen and oxygen atoms in total. The Labute approximate surface area is 219 Å². The van der Waals surface area contributed by atoms with Crippen LogP contribution in [0.1, 0.15) is 36.8 Å². The number of hydrogen-bond acceptors (Lipinski definition) is 4. The molecule has 198 valence electrons. The number of rotatable bonds is 7. The Morgan fingerprint density at radius 3 is 2.18 bits per heavy atom. The zero-order valence-electron chi connectivity index (χ0n) is 20.9. The molecule has 2 amide bonds. The van der Waals surface area contributed by atoms with Crippen molar-refractivity contribution in [2.24, 2.45) is 22.3 Å². The molecule has 2 bridgehead atoms. The summed E-state index contributed by atoms with van der Waals surface area (Å²) < 4.78 is 14.9. The van der Waals surface area contributed by atoms with Crippen molar-refractivity contribution in [2.45, 2.75) is 32.2 Å². The maximum atomic E-state index is 14.9. The van der Waals surface area contributed by atoms with Gasteiger partial charge in [-0.05, 0) is 66.6 Å². The van der Waals surface area contributed by atoms with Crippen molar-refractivity contribution < 1.29 is 14.0 Å². The van der Waals surface area contributed by atoms with Crippen molar-refractivity contribution in [3.8, 4) is 0 Å². The third kappa shape index (κ3) is 4.67. The highest BCUT2D eigenvalue weighted by Gasteiger charge is 2.74. The number of halogens is 1. The molecule has 1 aliphatic heterocycles. The molecule has 2 aromatic carbocycles. The Balaban J connectivity index is 1.14. The van der Waals surface area contributed by atoms with Crippen molar-refractivity contribution in [3.05, 3.63) is 65.5 Å². The maximum Gasteiger partial charge on any atom is 0.230 e. The van der Waals surface area contributed by atoms with Crippen molar-refractivity contribution >= 4 is 40.7 Å². The van der Waals surface area contributed by atoms with Gasteiger partial charge < -0.3 is 32.3 Å². The molecular formula is C27H31FN8O2. The van der Waals surface area contributed by atoms with E-state index in [1.807, 2.05) is 18.2 Å². The fraction of sp³-hybridized carbons (Fsp3) is 0.333. The van der Waals surface area contributed by atoms with Gasteiger partial charge in [-0.1, -0.05) is 24.3 Å². The molecule has 3 fully saturated rings. The van der Waals surface area contributed by atoms with Crippen molar-refractivity contribution in [3.63, 3.8) is 0 Å². The summed E-state index contributed by atoms with van der Waals surface area (Å²) in [6, 6.07) is 12.0. The third-order valence-corrected chi connectivity index (χ3v) is 7.83. The van der Waals surface area contributed by atoms with Crippen LogP contribution in [0.3, 0.4) is 0 Å². The van der Waals surface area contributed by atoms with Crippen LogP contribution < -0.4 is 27.4 Å². The van der Waals surface area contributed by atoms with E-state index >= 15 is 0 Å². The van der Waals surface area contributed by atoms with E-state index in [1.54, 1.807) is 29.2 Å². The minimum absolute atomic E-state index is 0.0197. The number of nitrogens with one attached hydrogen (secondary N) is 5. The molecule has 4 aliphatic rings. The SMILES string of the molecule is N=C(N)NCc1ccc(NC(=O)C23CC(C(=O)Nc4ccc(C5=CCN(C(=N)N)CC5)cc4F)(C2)C3)cc1. The van der Waals surface area contributed by atoms with Crippen LogP contribution in [0.25, 0.3) is 5.57 Å². The summed E-state index contributed by atoms with van der Waals surface area (Å²) in [7, 11) is 0. The van der Waals surface area contributed by atoms with E-state index < -0.39 is 16.6 Å². The summed E-state index contributed by atoms with van der Waals surface area (Å²) in [5.41, 5.74) is 13.1. The van der Waals surface area contributed by atoms with Gasteiger partial charge in [0.15, 0.2) is 11.9 Å². The molecule has 38 heavy (non-hydrogen) atoms. The summed E-state index contributed by atoms with van der Waals surface area (Å²) in [5, 5.41) is 23.1. The largest absolute Gasteiger partial charge is 0.370 e. The number of amides is 2. The maximum absolute atomic E-state index is 14.9. The number of anilines is 2. The highest BCUT2D eigenvalue weighted by molar-refractivity contribution is 6.05. The second kappa shape index (κ2) is 9.47. The van der Waals surface area contributed by atoms with Crippen LogP contribution >= 0.6 is 0 Å². The van der Waals surface area contributed by atoms with Crippen LogP contribution in [0.5, 0.6) is 0 Å². The number of benzene rings is 2. The summed E-state index contributed by atoms with van der Waals surface area (Å²) in [6.07, 6.45) is 3.91. The van der Waals surface area contributed by atoms with Gasteiger partial charge >= 0.3 is 0 Å². The average molecular weight is 519 g/mol. The second-order valence-corrected chi connectivity index (χ2v) is 10.5. The van der Waals surface area contributed by atoms with Gasteiger partial charge in [-0.2, -0.15) is 0 Å². The Hall–Kier alpha value is -4.41. The van der Waals surface area contributed by atoms with Gasteiger partial charge in [0.05, 0.1) is 16.5 Å². The van der Waals surface area contributed by atoms with Crippen LogP contribution in [0.2, 0.25) is 0 Å². The first-order chi connectivity index (χ1) is 18.1. The Morgan fingerprint density at radius 2 is 1.63 bits per heavy atom. The molecule has 0 atom stereocenters. The summed E-state index contributed by atoms with van der Waals surface area (Å²) >= 11 is 0. The third-order valence-electron chi connectivity index (χ3n) is 7.83. The van der Waals surface area contributed by atoms with Crippen LogP contribution in [0, 0.1) is 27.5 Å². The van der Waals surface area contributed by atoms with Gasteiger partial charge in [0, 0.05) is 25.3 Å². The predicted molar refractivity (Wildman–Crippen MR) is 144 cm³/mol. The number of nitrogens with two attached hydrogens (primary N) is 2. The lowest BCUT2D eigenvalue weighted by atomic mass is 9.34. The summed E-state index contributed by atoms with van der Waals surface area (Å²) in [4.78, 5) is 27.6. The zero-order valence-corrected chi connectivity index (χ0v) is 20.9. The van der Waals surface area contributed by atoms with E-state index in [0.717, 1.165) is 16.7 Å². The van der Waals surface area contributed by atoms with E-state index in [1.165, 1.54) is 6.07 Å². The second-order valence-electron chi connectivity index (χ2n) is 10.5. The molecule has 0 unspecified atom stereocenters. The standard InChI is InChI=1S/C27H31FN8O2/c28-20-11-18(17-7-9-36(10-8-17)25(31)32)3-6-21(20)35-23(38)27-13-26(14-27,15-27)22(37)34-19-4-1-16(2-5-19)12-33-24(29)30/h1-7,11H,8-10,12-15H2,(H3,31,32)(H,34,37)(H,35,38)(H4,29,30,33). The highest BCUT2D eigenvalue weighted by Crippen LogP contribution is 2.73. The van der Waals surface area contributed by atoms with Crippen LogP contribution in [-0.4, -0.2) is 41.7 Å². The van der Waals surface area contributed by atoms with Crippen molar-refractivity contribution in [2.75, 3.05) is 23.7 Å². The van der Waals surface area contributed by atoms with Crippen LogP contribution in [-0.2, 0) is 16.1 Å². The lowest BCUT2D eigenvalue weighted by Crippen LogP contribution is -2.70. The first-order valence-corrected chi connectivity index (χ1v) is 12.5. The van der Waals surface area contributed by atoms with Crippen LogP contribution in [0.4, 0.5) is 15.8 Å². The van der Waals surface area contributed by atoms with Gasteiger partial charge in [0.25, 0.3) is 0 Å². The fourth-order valence-electron chi connectivity index (χ4n) is 5.66. The van der Waals surface area contributed by atoms with E-state index in [9.17, 15) is 14.0 Å². The molecule has 2 aromatic rings. The number of carbonyl (C=O) groups excluding carboxylic acids is 2. The molecule has 1 heterocycles. The molecule has 6 rings (SSSR count). The predicted octanol–water partition coefficient (Wildman–Crippen LogP) is 2.54.